The number of ether oxygens (including phenoxy) is 1. The number of halogens is 1. The van der Waals surface area contributed by atoms with Crippen molar-refractivity contribution in [1.29, 1.82) is 0 Å². The molecule has 0 saturated heterocycles. The first-order chi connectivity index (χ1) is 14.3. The van der Waals surface area contributed by atoms with E-state index in [0.29, 0.717) is 5.75 Å². The smallest absolute Gasteiger partial charge is 0.241 e. The highest BCUT2D eigenvalue weighted by Crippen LogP contribution is 2.30. The molecule has 0 saturated carbocycles. The fourth-order valence-corrected chi connectivity index (χ4v) is 4.00. The number of hydrogen-bond acceptors (Lipinski definition) is 5. The normalized spacial score (nSPS) is 11.2. The lowest BCUT2D eigenvalue weighted by Crippen LogP contribution is -2.40. The zero-order valence-corrected chi connectivity index (χ0v) is 18.0. The first-order valence-electron chi connectivity index (χ1n) is 8.94. The van der Waals surface area contributed by atoms with Gasteiger partial charge in [-0.3, -0.25) is 9.10 Å². The van der Waals surface area contributed by atoms with Gasteiger partial charge in [0.1, 0.15) is 12.3 Å². The van der Waals surface area contributed by atoms with Crippen LogP contribution in [-0.4, -0.2) is 43.8 Å². The first-order valence-corrected chi connectivity index (χ1v) is 11.2. The van der Waals surface area contributed by atoms with Crippen molar-refractivity contribution in [3.63, 3.8) is 0 Å². The molecule has 0 aliphatic rings. The predicted octanol–water partition coefficient (Wildman–Crippen LogP) is 2.62. The summed E-state index contributed by atoms with van der Waals surface area (Å²) >= 11 is 6.11. The summed E-state index contributed by atoms with van der Waals surface area (Å²) in [5.41, 5.74) is 2.01. The summed E-state index contributed by atoms with van der Waals surface area (Å²) in [6.07, 6.45) is 6.17. The third-order valence-electron chi connectivity index (χ3n) is 4.36. The van der Waals surface area contributed by atoms with Crippen molar-refractivity contribution >= 4 is 33.2 Å². The van der Waals surface area contributed by atoms with E-state index in [-0.39, 0.29) is 23.8 Å². The Morgan fingerprint density at radius 1 is 1.27 bits per heavy atom. The molecule has 0 bridgehead atoms. The average Bonchev–Trinajstić information content (AvgIpc) is 3.24. The van der Waals surface area contributed by atoms with Gasteiger partial charge in [0.25, 0.3) is 0 Å². The number of para-hydroxylation sites is 1. The van der Waals surface area contributed by atoms with Crippen LogP contribution < -0.4 is 14.4 Å². The molecule has 8 nitrogen and oxygen atoms in total. The minimum atomic E-state index is -3.72. The second-order valence-electron chi connectivity index (χ2n) is 6.46. The zero-order valence-electron chi connectivity index (χ0n) is 16.4. The Morgan fingerprint density at radius 2 is 2.03 bits per heavy atom. The van der Waals surface area contributed by atoms with E-state index < -0.39 is 15.9 Å². The molecule has 158 valence electrons. The second kappa shape index (κ2) is 9.19. The number of methoxy groups -OCH3 is 1. The molecule has 3 rings (SSSR count). The summed E-state index contributed by atoms with van der Waals surface area (Å²) in [4.78, 5) is 16.6. The number of aromatic nitrogens is 2. The van der Waals surface area contributed by atoms with Crippen molar-refractivity contribution in [2.75, 3.05) is 24.2 Å². The molecule has 0 radical (unpaired) electrons. The van der Waals surface area contributed by atoms with Crippen LogP contribution >= 0.6 is 11.6 Å². The number of amides is 1. The Labute approximate surface area is 180 Å². The number of nitrogens with one attached hydrogen (secondary N) is 1. The molecule has 0 fully saturated rings. The Balaban J connectivity index is 1.75. The maximum Gasteiger partial charge on any atom is 0.241 e. The molecule has 0 aliphatic heterocycles. The van der Waals surface area contributed by atoms with E-state index >= 15 is 0 Å². The van der Waals surface area contributed by atoms with Crippen molar-refractivity contribution in [3.8, 4) is 11.4 Å². The van der Waals surface area contributed by atoms with Crippen LogP contribution in [0.1, 0.15) is 5.56 Å². The highest BCUT2D eigenvalue weighted by Gasteiger charge is 2.22. The van der Waals surface area contributed by atoms with E-state index in [1.807, 2.05) is 28.8 Å². The highest BCUT2D eigenvalue weighted by molar-refractivity contribution is 7.92. The molecule has 1 N–H and O–H groups in total. The first kappa shape index (κ1) is 21.7. The molecule has 0 spiro atoms. The van der Waals surface area contributed by atoms with Gasteiger partial charge in [0.05, 0.1) is 36.1 Å². The van der Waals surface area contributed by atoms with E-state index in [1.54, 1.807) is 24.8 Å². The summed E-state index contributed by atoms with van der Waals surface area (Å²) in [5, 5.41) is 3.02. The molecule has 0 unspecified atom stereocenters. The molecular formula is C20H21ClN4O4S. The second-order valence-corrected chi connectivity index (χ2v) is 8.78. The topological polar surface area (TPSA) is 93.5 Å². The third-order valence-corrected chi connectivity index (χ3v) is 5.80. The minimum Gasteiger partial charge on any atom is -0.495 e. The van der Waals surface area contributed by atoms with Crippen molar-refractivity contribution in [2.24, 2.45) is 0 Å². The molecule has 2 aromatic carbocycles. The number of nitrogens with zero attached hydrogens (tertiary/aromatic N) is 3. The van der Waals surface area contributed by atoms with Crippen LogP contribution in [0.3, 0.4) is 0 Å². The number of hydrogen-bond donors (Lipinski definition) is 1. The van der Waals surface area contributed by atoms with Crippen LogP contribution in [0.2, 0.25) is 5.02 Å². The molecule has 1 heterocycles. The lowest BCUT2D eigenvalue weighted by Gasteiger charge is -2.22. The number of benzene rings is 2. The van der Waals surface area contributed by atoms with Crippen LogP contribution in [0.25, 0.3) is 5.69 Å². The number of carbonyl (C=O) groups excluding carboxylic acids is 1. The number of sulfonamides is 1. The Morgan fingerprint density at radius 3 is 2.67 bits per heavy atom. The summed E-state index contributed by atoms with van der Waals surface area (Å²) in [5.74, 6) is -0.0396. The van der Waals surface area contributed by atoms with E-state index in [4.69, 9.17) is 16.3 Å². The van der Waals surface area contributed by atoms with Crippen molar-refractivity contribution in [3.05, 3.63) is 71.8 Å². The van der Waals surface area contributed by atoms with Crippen molar-refractivity contribution in [1.82, 2.24) is 14.9 Å². The fraction of sp³-hybridized carbons (Fsp3) is 0.200. The molecule has 0 aliphatic carbocycles. The van der Waals surface area contributed by atoms with Gasteiger partial charge in [0, 0.05) is 18.9 Å². The van der Waals surface area contributed by atoms with Gasteiger partial charge in [-0.15, -0.1) is 0 Å². The van der Waals surface area contributed by atoms with Gasteiger partial charge >= 0.3 is 0 Å². The lowest BCUT2D eigenvalue weighted by atomic mass is 10.1. The van der Waals surface area contributed by atoms with E-state index in [1.165, 1.54) is 19.2 Å². The third kappa shape index (κ3) is 5.11. The molecule has 0 atom stereocenters. The molecule has 10 heteroatoms. The Hall–Kier alpha value is -3.04. The minimum absolute atomic E-state index is 0.230. The molecule has 1 amide bonds. The van der Waals surface area contributed by atoms with Gasteiger partial charge in [0.2, 0.25) is 15.9 Å². The van der Waals surface area contributed by atoms with Gasteiger partial charge < -0.3 is 14.6 Å². The number of rotatable bonds is 8. The largest absolute Gasteiger partial charge is 0.495 e. The summed E-state index contributed by atoms with van der Waals surface area (Å²) < 4.78 is 32.5. The summed E-state index contributed by atoms with van der Waals surface area (Å²) in [7, 11) is -2.25. The number of imidazole rings is 1. The van der Waals surface area contributed by atoms with Crippen molar-refractivity contribution < 1.29 is 17.9 Å². The zero-order chi connectivity index (χ0) is 21.7. The number of carbonyl (C=O) groups is 1. The molecule has 3 aromatic rings. The molecular weight excluding hydrogens is 428 g/mol. The van der Waals surface area contributed by atoms with Crippen LogP contribution in [0.5, 0.6) is 5.75 Å². The Kier molecular flexibility index (Phi) is 6.63. The summed E-state index contributed by atoms with van der Waals surface area (Å²) in [6.45, 7) is -0.150. The lowest BCUT2D eigenvalue weighted by molar-refractivity contribution is -0.119. The Bertz CT molecular complexity index is 1130. The van der Waals surface area contributed by atoms with Crippen LogP contribution in [0.15, 0.2) is 61.2 Å². The van der Waals surface area contributed by atoms with Crippen LogP contribution in [0.4, 0.5) is 5.69 Å². The fourth-order valence-electron chi connectivity index (χ4n) is 2.90. The number of anilines is 1. The maximum absolute atomic E-state index is 12.6. The van der Waals surface area contributed by atoms with E-state index in [0.717, 1.165) is 21.8 Å². The molecule has 30 heavy (non-hydrogen) atoms. The van der Waals surface area contributed by atoms with E-state index in [9.17, 15) is 13.2 Å². The van der Waals surface area contributed by atoms with Crippen LogP contribution in [-0.2, 0) is 21.4 Å². The standard InChI is InChI=1S/C20H21ClN4O4S/c1-29-19-8-7-16(11-17(19)21)25(30(2,27)28)13-20(26)23-12-15-5-3-4-6-18(15)24-10-9-22-14-24/h3-11,14H,12-13H2,1-2H3,(H,23,26). The van der Waals surface area contributed by atoms with Gasteiger partial charge in [-0.05, 0) is 29.8 Å². The summed E-state index contributed by atoms with van der Waals surface area (Å²) in [6, 6.07) is 12.1. The highest BCUT2D eigenvalue weighted by atomic mass is 35.5. The average molecular weight is 449 g/mol. The van der Waals surface area contributed by atoms with Crippen LogP contribution in [0, 0.1) is 0 Å². The van der Waals surface area contributed by atoms with Crippen molar-refractivity contribution in [2.45, 2.75) is 6.54 Å². The maximum atomic E-state index is 12.6. The quantitative estimate of drug-likeness (QED) is 0.571. The predicted molar refractivity (Wildman–Crippen MR) is 116 cm³/mol. The van der Waals surface area contributed by atoms with E-state index in [2.05, 4.69) is 10.3 Å². The van der Waals surface area contributed by atoms with Gasteiger partial charge in [-0.1, -0.05) is 29.8 Å². The SMILES string of the molecule is COc1ccc(N(CC(=O)NCc2ccccc2-n2ccnc2)S(C)(=O)=O)cc1Cl. The monoisotopic (exact) mass is 448 g/mol. The van der Waals surface area contributed by atoms with Gasteiger partial charge in [0.15, 0.2) is 0 Å². The van der Waals surface area contributed by atoms with Gasteiger partial charge in [-0.25, -0.2) is 13.4 Å². The molecule has 1 aromatic heterocycles. The van der Waals surface area contributed by atoms with Gasteiger partial charge in [-0.2, -0.15) is 0 Å².